The zero-order valence-corrected chi connectivity index (χ0v) is 6.44. The highest BCUT2D eigenvalue weighted by Crippen LogP contribution is 1.95. The first kappa shape index (κ1) is 8.00. The van der Waals surface area contributed by atoms with Gasteiger partial charge in [-0.1, -0.05) is 0 Å². The zero-order valence-electron chi connectivity index (χ0n) is 6.44. The minimum Gasteiger partial charge on any atom is -0.393 e. The number of aryl methyl sites for hydroxylation is 1. The maximum absolute atomic E-state index is 8.93. The number of aromatic nitrogens is 3. The molecule has 0 bridgehead atoms. The van der Waals surface area contributed by atoms with Crippen LogP contribution in [0.3, 0.4) is 0 Å². The van der Waals surface area contributed by atoms with Gasteiger partial charge in [-0.25, -0.2) is 4.98 Å². The number of hydrogen-bond donors (Lipinski definition) is 2. The Bertz CT molecular complexity index is 220. The minimum atomic E-state index is -0.305. The first-order chi connectivity index (χ1) is 5.18. The summed E-state index contributed by atoms with van der Waals surface area (Å²) in [7, 11) is 0. The van der Waals surface area contributed by atoms with Gasteiger partial charge in [0.05, 0.1) is 6.10 Å². The van der Waals surface area contributed by atoms with E-state index in [0.29, 0.717) is 13.0 Å². The summed E-state index contributed by atoms with van der Waals surface area (Å²) >= 11 is 0. The van der Waals surface area contributed by atoms with Gasteiger partial charge < -0.3 is 10.8 Å². The fraction of sp³-hybridized carbons (Fsp3) is 0.667. The molecular weight excluding hydrogens is 144 g/mol. The van der Waals surface area contributed by atoms with Crippen LogP contribution in [-0.4, -0.2) is 26.0 Å². The Balaban J connectivity index is 2.39. The van der Waals surface area contributed by atoms with Crippen LogP contribution in [-0.2, 0) is 6.54 Å². The molecule has 1 aromatic heterocycles. The van der Waals surface area contributed by atoms with E-state index in [9.17, 15) is 0 Å². The van der Waals surface area contributed by atoms with E-state index in [4.69, 9.17) is 10.8 Å². The van der Waals surface area contributed by atoms with E-state index in [1.54, 1.807) is 17.9 Å². The van der Waals surface area contributed by atoms with Gasteiger partial charge in [0, 0.05) is 6.54 Å². The van der Waals surface area contributed by atoms with Gasteiger partial charge in [0.1, 0.15) is 6.33 Å². The van der Waals surface area contributed by atoms with Crippen LogP contribution in [0.15, 0.2) is 6.33 Å². The van der Waals surface area contributed by atoms with Crippen LogP contribution < -0.4 is 5.73 Å². The van der Waals surface area contributed by atoms with Crippen LogP contribution >= 0.6 is 0 Å². The summed E-state index contributed by atoms with van der Waals surface area (Å²) in [6, 6.07) is 0. The Labute approximate surface area is 64.9 Å². The van der Waals surface area contributed by atoms with Crippen LogP contribution in [0.4, 0.5) is 5.95 Å². The van der Waals surface area contributed by atoms with Crippen LogP contribution in [0.2, 0.25) is 0 Å². The molecule has 1 aromatic rings. The predicted octanol–water partition coefficient (Wildman–Crippen LogP) is -0.369. The van der Waals surface area contributed by atoms with Crippen molar-refractivity contribution in [3.63, 3.8) is 0 Å². The van der Waals surface area contributed by atoms with Gasteiger partial charge in [0.15, 0.2) is 0 Å². The molecule has 0 saturated heterocycles. The molecule has 0 aromatic carbocycles. The number of anilines is 1. The van der Waals surface area contributed by atoms with Crippen molar-refractivity contribution < 1.29 is 5.11 Å². The number of aliphatic hydroxyl groups is 1. The molecule has 0 amide bonds. The molecule has 0 aliphatic carbocycles. The molecule has 62 valence electrons. The summed E-state index contributed by atoms with van der Waals surface area (Å²) in [5.74, 6) is 0.274. The Morgan fingerprint density at radius 3 is 3.00 bits per heavy atom. The van der Waals surface area contributed by atoms with E-state index in [-0.39, 0.29) is 12.1 Å². The lowest BCUT2D eigenvalue weighted by Gasteiger charge is -2.01. The lowest BCUT2D eigenvalue weighted by molar-refractivity contribution is 0.176. The largest absolute Gasteiger partial charge is 0.393 e. The van der Waals surface area contributed by atoms with Crippen molar-refractivity contribution in [2.45, 2.75) is 26.0 Å². The highest BCUT2D eigenvalue weighted by Gasteiger charge is 1.98. The van der Waals surface area contributed by atoms with E-state index >= 15 is 0 Å². The van der Waals surface area contributed by atoms with Gasteiger partial charge in [-0.2, -0.15) is 0 Å². The minimum absolute atomic E-state index is 0.274. The van der Waals surface area contributed by atoms with Crippen molar-refractivity contribution >= 4 is 5.95 Å². The van der Waals surface area contributed by atoms with Gasteiger partial charge >= 0.3 is 0 Å². The molecule has 1 unspecified atom stereocenters. The van der Waals surface area contributed by atoms with Crippen LogP contribution in [0, 0.1) is 0 Å². The third-order valence-corrected chi connectivity index (χ3v) is 1.33. The summed E-state index contributed by atoms with van der Waals surface area (Å²) < 4.78 is 1.61. The summed E-state index contributed by atoms with van der Waals surface area (Å²) in [6.07, 6.45) is 1.92. The fourth-order valence-corrected chi connectivity index (χ4v) is 0.736. The average Bonchev–Trinajstić information content (AvgIpc) is 2.31. The van der Waals surface area contributed by atoms with E-state index < -0.39 is 0 Å². The van der Waals surface area contributed by atoms with Crippen LogP contribution in [0.5, 0.6) is 0 Å². The molecule has 0 spiro atoms. The second kappa shape index (κ2) is 3.34. The second-order valence-electron chi connectivity index (χ2n) is 2.50. The Hall–Kier alpha value is -1.10. The monoisotopic (exact) mass is 156 g/mol. The molecule has 1 heterocycles. The van der Waals surface area contributed by atoms with Gasteiger partial charge in [-0.05, 0) is 13.3 Å². The number of aliphatic hydroxyl groups excluding tert-OH is 1. The standard InChI is InChI=1S/C6H12N4O/c1-5(11)2-3-10-4-8-6(7)9-10/h4-5,11H,2-3H2,1H3,(H2,7,9). The Morgan fingerprint density at radius 2 is 2.55 bits per heavy atom. The lowest BCUT2D eigenvalue weighted by Crippen LogP contribution is -2.07. The number of hydrogen-bond acceptors (Lipinski definition) is 4. The molecule has 3 N–H and O–H groups in total. The number of nitrogen functional groups attached to an aromatic ring is 1. The highest BCUT2D eigenvalue weighted by molar-refractivity contribution is 5.09. The lowest BCUT2D eigenvalue weighted by atomic mass is 10.3. The first-order valence-corrected chi connectivity index (χ1v) is 3.51. The fourth-order valence-electron chi connectivity index (χ4n) is 0.736. The molecule has 5 heteroatoms. The zero-order chi connectivity index (χ0) is 8.27. The smallest absolute Gasteiger partial charge is 0.239 e. The molecule has 0 aliphatic rings. The van der Waals surface area contributed by atoms with E-state index in [1.807, 2.05) is 0 Å². The van der Waals surface area contributed by atoms with Gasteiger partial charge in [-0.3, -0.25) is 4.68 Å². The molecule has 0 radical (unpaired) electrons. The molecule has 11 heavy (non-hydrogen) atoms. The third-order valence-electron chi connectivity index (χ3n) is 1.33. The van der Waals surface area contributed by atoms with Gasteiger partial charge in [0.25, 0.3) is 0 Å². The molecule has 5 nitrogen and oxygen atoms in total. The molecule has 0 saturated carbocycles. The number of rotatable bonds is 3. The summed E-state index contributed by atoms with van der Waals surface area (Å²) in [6.45, 7) is 2.39. The normalized spacial score (nSPS) is 13.3. The SMILES string of the molecule is CC(O)CCn1cnc(N)n1. The maximum Gasteiger partial charge on any atom is 0.239 e. The van der Waals surface area contributed by atoms with E-state index in [0.717, 1.165) is 0 Å². The first-order valence-electron chi connectivity index (χ1n) is 3.51. The van der Waals surface area contributed by atoms with Crippen molar-refractivity contribution in [1.29, 1.82) is 0 Å². The molecule has 0 fully saturated rings. The topological polar surface area (TPSA) is 77.0 Å². The maximum atomic E-state index is 8.93. The van der Waals surface area contributed by atoms with E-state index in [2.05, 4.69) is 10.1 Å². The van der Waals surface area contributed by atoms with Crippen molar-refractivity contribution in [2.75, 3.05) is 5.73 Å². The van der Waals surface area contributed by atoms with Crippen LogP contribution in [0.25, 0.3) is 0 Å². The van der Waals surface area contributed by atoms with E-state index in [1.165, 1.54) is 0 Å². The molecule has 0 aliphatic heterocycles. The van der Waals surface area contributed by atoms with Gasteiger partial charge in [-0.15, -0.1) is 5.10 Å². The number of nitrogens with two attached hydrogens (primary N) is 1. The Kier molecular flexibility index (Phi) is 2.43. The molecule has 1 atom stereocenters. The quantitative estimate of drug-likeness (QED) is 0.626. The Morgan fingerprint density at radius 1 is 1.82 bits per heavy atom. The average molecular weight is 156 g/mol. The van der Waals surface area contributed by atoms with Crippen LogP contribution in [0.1, 0.15) is 13.3 Å². The second-order valence-corrected chi connectivity index (χ2v) is 2.50. The highest BCUT2D eigenvalue weighted by atomic mass is 16.3. The van der Waals surface area contributed by atoms with Crippen molar-refractivity contribution in [2.24, 2.45) is 0 Å². The number of nitrogens with zero attached hydrogens (tertiary/aromatic N) is 3. The summed E-state index contributed by atoms with van der Waals surface area (Å²) in [5, 5.41) is 12.8. The third kappa shape index (κ3) is 2.55. The predicted molar refractivity (Wildman–Crippen MR) is 40.7 cm³/mol. The van der Waals surface area contributed by atoms with Crippen molar-refractivity contribution in [3.05, 3.63) is 6.33 Å². The summed E-state index contributed by atoms with van der Waals surface area (Å²) in [4.78, 5) is 3.74. The van der Waals surface area contributed by atoms with Crippen molar-refractivity contribution in [3.8, 4) is 0 Å². The van der Waals surface area contributed by atoms with Gasteiger partial charge in [0.2, 0.25) is 5.95 Å². The summed E-state index contributed by atoms with van der Waals surface area (Å²) in [5.41, 5.74) is 5.28. The van der Waals surface area contributed by atoms with Crippen molar-refractivity contribution in [1.82, 2.24) is 14.8 Å². The molecular formula is C6H12N4O. The molecule has 1 rings (SSSR count).